The van der Waals surface area contributed by atoms with Crippen LogP contribution in [-0.2, 0) is 11.3 Å². The van der Waals surface area contributed by atoms with Crippen molar-refractivity contribution in [3.8, 4) is 5.75 Å². The Bertz CT molecular complexity index is 582. The molecule has 0 fully saturated rings. The third kappa shape index (κ3) is 4.91. The first-order chi connectivity index (χ1) is 10.7. The normalized spacial score (nSPS) is 11.9. The van der Waals surface area contributed by atoms with Gasteiger partial charge in [-0.1, -0.05) is 6.07 Å². The maximum absolute atomic E-state index is 11.4. The lowest BCUT2D eigenvalue weighted by Crippen LogP contribution is -2.31. The van der Waals surface area contributed by atoms with Crippen LogP contribution in [0.2, 0.25) is 0 Å². The van der Waals surface area contributed by atoms with Crippen LogP contribution in [0.3, 0.4) is 0 Å². The molecule has 0 aliphatic heterocycles. The molecule has 6 nitrogen and oxygen atoms in total. The highest BCUT2D eigenvalue weighted by molar-refractivity contribution is 5.89. The van der Waals surface area contributed by atoms with E-state index in [1.54, 1.807) is 30.5 Å². The smallest absolute Gasteiger partial charge is 0.337 e. The van der Waals surface area contributed by atoms with Crippen LogP contribution in [0.25, 0.3) is 0 Å². The molecular weight excluding hydrogens is 286 g/mol. The number of benzene rings is 1. The van der Waals surface area contributed by atoms with Crippen molar-refractivity contribution >= 4 is 5.97 Å². The molecule has 2 aromatic rings. The zero-order valence-corrected chi connectivity index (χ0v) is 12.3. The highest BCUT2D eigenvalue weighted by Crippen LogP contribution is 2.14. The van der Waals surface area contributed by atoms with Gasteiger partial charge in [0.1, 0.15) is 24.2 Å². The minimum absolute atomic E-state index is 0.121. The molecule has 0 saturated carbocycles. The van der Waals surface area contributed by atoms with Crippen LogP contribution >= 0.6 is 0 Å². The summed E-state index contributed by atoms with van der Waals surface area (Å²) in [5, 5.41) is 12.9. The van der Waals surface area contributed by atoms with E-state index in [9.17, 15) is 9.90 Å². The average molecular weight is 305 g/mol. The minimum Gasteiger partial charge on any atom is -0.491 e. The van der Waals surface area contributed by atoms with Gasteiger partial charge < -0.3 is 24.3 Å². The number of methoxy groups -OCH3 is 1. The van der Waals surface area contributed by atoms with Crippen molar-refractivity contribution in [2.45, 2.75) is 12.6 Å². The fraction of sp³-hybridized carbons (Fsp3) is 0.312. The Kier molecular flexibility index (Phi) is 6.00. The Labute approximate surface area is 128 Å². The Morgan fingerprint density at radius 3 is 2.95 bits per heavy atom. The second-order valence-corrected chi connectivity index (χ2v) is 4.69. The average Bonchev–Trinajstić information content (AvgIpc) is 3.06. The summed E-state index contributed by atoms with van der Waals surface area (Å²) in [6.07, 6.45) is 0.932. The van der Waals surface area contributed by atoms with Gasteiger partial charge in [-0.3, -0.25) is 0 Å². The molecule has 1 heterocycles. The van der Waals surface area contributed by atoms with Gasteiger partial charge in [0.25, 0.3) is 0 Å². The molecule has 1 unspecified atom stereocenters. The second-order valence-electron chi connectivity index (χ2n) is 4.69. The third-order valence-electron chi connectivity index (χ3n) is 2.96. The van der Waals surface area contributed by atoms with Gasteiger partial charge in [-0.2, -0.15) is 0 Å². The molecule has 2 N–H and O–H groups in total. The first kappa shape index (κ1) is 16.1. The van der Waals surface area contributed by atoms with E-state index in [0.29, 0.717) is 24.4 Å². The summed E-state index contributed by atoms with van der Waals surface area (Å²) in [4.78, 5) is 11.4. The lowest BCUT2D eigenvalue weighted by Gasteiger charge is -2.13. The summed E-state index contributed by atoms with van der Waals surface area (Å²) in [6, 6.07) is 10.3. The quantitative estimate of drug-likeness (QED) is 0.721. The van der Waals surface area contributed by atoms with Crippen LogP contribution in [0.15, 0.2) is 47.1 Å². The predicted molar refractivity (Wildman–Crippen MR) is 79.7 cm³/mol. The number of aliphatic hydroxyl groups is 1. The second kappa shape index (κ2) is 8.21. The van der Waals surface area contributed by atoms with E-state index in [2.05, 4.69) is 10.1 Å². The number of esters is 1. The summed E-state index contributed by atoms with van der Waals surface area (Å²) >= 11 is 0. The van der Waals surface area contributed by atoms with Gasteiger partial charge >= 0.3 is 5.97 Å². The first-order valence-electron chi connectivity index (χ1n) is 6.91. The standard InChI is InChI=1S/C16H19NO5/c1-20-16(19)12-4-2-5-14(8-12)22-11-13(18)9-17-10-15-6-3-7-21-15/h2-8,13,17-18H,9-11H2,1H3. The van der Waals surface area contributed by atoms with Crippen molar-refractivity contribution in [3.63, 3.8) is 0 Å². The van der Waals surface area contributed by atoms with Crippen LogP contribution in [-0.4, -0.2) is 37.4 Å². The van der Waals surface area contributed by atoms with Crippen LogP contribution in [0.5, 0.6) is 5.75 Å². The molecule has 0 aliphatic rings. The summed E-state index contributed by atoms with van der Waals surface area (Å²) < 4.78 is 15.3. The number of hydrogen-bond donors (Lipinski definition) is 2. The maximum Gasteiger partial charge on any atom is 0.337 e. The van der Waals surface area contributed by atoms with Crippen molar-refractivity contribution in [2.75, 3.05) is 20.3 Å². The summed E-state index contributed by atoms with van der Waals surface area (Å²) in [5.74, 6) is 0.887. The van der Waals surface area contributed by atoms with Gasteiger partial charge in [-0.05, 0) is 30.3 Å². The van der Waals surface area contributed by atoms with Gasteiger partial charge in [-0.25, -0.2) is 4.79 Å². The molecule has 1 aromatic heterocycles. The maximum atomic E-state index is 11.4. The van der Waals surface area contributed by atoms with Crippen LogP contribution in [0.1, 0.15) is 16.1 Å². The van der Waals surface area contributed by atoms with E-state index >= 15 is 0 Å². The number of aliphatic hydroxyl groups excluding tert-OH is 1. The molecule has 0 amide bonds. The molecule has 0 spiro atoms. The number of furan rings is 1. The largest absolute Gasteiger partial charge is 0.491 e. The fourth-order valence-corrected chi connectivity index (χ4v) is 1.86. The molecule has 1 aromatic carbocycles. The third-order valence-corrected chi connectivity index (χ3v) is 2.96. The molecule has 6 heteroatoms. The van der Waals surface area contributed by atoms with Crippen LogP contribution in [0.4, 0.5) is 0 Å². The van der Waals surface area contributed by atoms with E-state index in [0.717, 1.165) is 5.76 Å². The van der Waals surface area contributed by atoms with Crippen molar-refractivity contribution in [2.24, 2.45) is 0 Å². The Hall–Kier alpha value is -2.31. The zero-order chi connectivity index (χ0) is 15.8. The van der Waals surface area contributed by atoms with Crippen molar-refractivity contribution < 1.29 is 23.8 Å². The Morgan fingerprint density at radius 1 is 1.36 bits per heavy atom. The lowest BCUT2D eigenvalue weighted by atomic mass is 10.2. The van der Waals surface area contributed by atoms with Crippen LogP contribution in [0, 0.1) is 0 Å². The SMILES string of the molecule is COC(=O)c1cccc(OCC(O)CNCc2ccco2)c1. The van der Waals surface area contributed by atoms with Crippen molar-refractivity contribution in [1.82, 2.24) is 5.32 Å². The van der Waals surface area contributed by atoms with Gasteiger partial charge in [0.15, 0.2) is 0 Å². The van der Waals surface area contributed by atoms with E-state index in [1.807, 2.05) is 12.1 Å². The number of rotatable bonds is 8. The van der Waals surface area contributed by atoms with E-state index < -0.39 is 12.1 Å². The fourth-order valence-electron chi connectivity index (χ4n) is 1.86. The molecule has 22 heavy (non-hydrogen) atoms. The molecule has 0 aliphatic carbocycles. The highest BCUT2D eigenvalue weighted by Gasteiger charge is 2.08. The summed E-state index contributed by atoms with van der Waals surface area (Å²) in [6.45, 7) is 1.04. The highest BCUT2D eigenvalue weighted by atomic mass is 16.5. The van der Waals surface area contributed by atoms with Crippen LogP contribution < -0.4 is 10.1 Å². The van der Waals surface area contributed by atoms with Crippen molar-refractivity contribution in [3.05, 3.63) is 54.0 Å². The molecular formula is C16H19NO5. The molecule has 0 radical (unpaired) electrons. The molecule has 0 saturated heterocycles. The minimum atomic E-state index is -0.670. The van der Waals surface area contributed by atoms with Crippen molar-refractivity contribution in [1.29, 1.82) is 0 Å². The van der Waals surface area contributed by atoms with Gasteiger partial charge in [0, 0.05) is 6.54 Å². The number of nitrogens with one attached hydrogen (secondary N) is 1. The molecule has 0 bridgehead atoms. The molecule has 2 rings (SSSR count). The monoisotopic (exact) mass is 305 g/mol. The van der Waals surface area contributed by atoms with E-state index in [-0.39, 0.29) is 6.61 Å². The summed E-state index contributed by atoms with van der Waals surface area (Å²) in [5.41, 5.74) is 0.408. The molecule has 118 valence electrons. The number of carbonyl (C=O) groups is 1. The topological polar surface area (TPSA) is 80.9 Å². The Balaban J connectivity index is 1.73. The first-order valence-corrected chi connectivity index (χ1v) is 6.91. The van der Waals surface area contributed by atoms with E-state index in [1.165, 1.54) is 7.11 Å². The van der Waals surface area contributed by atoms with Gasteiger partial charge in [0.2, 0.25) is 0 Å². The van der Waals surface area contributed by atoms with E-state index in [4.69, 9.17) is 9.15 Å². The predicted octanol–water partition coefficient (Wildman–Crippen LogP) is 1.60. The van der Waals surface area contributed by atoms with Gasteiger partial charge in [0.05, 0.1) is 25.5 Å². The molecule has 1 atom stereocenters. The lowest BCUT2D eigenvalue weighted by molar-refractivity contribution is 0.0600. The number of ether oxygens (including phenoxy) is 2. The van der Waals surface area contributed by atoms with Gasteiger partial charge in [-0.15, -0.1) is 0 Å². The number of carbonyl (C=O) groups excluding carboxylic acids is 1. The summed E-state index contributed by atoms with van der Waals surface area (Å²) in [7, 11) is 1.32. The zero-order valence-electron chi connectivity index (χ0n) is 12.3. The number of hydrogen-bond acceptors (Lipinski definition) is 6. The Morgan fingerprint density at radius 2 is 2.23 bits per heavy atom.